The first-order chi connectivity index (χ1) is 8.99. The van der Waals surface area contributed by atoms with E-state index in [1.165, 1.54) is 12.1 Å². The minimum Gasteiger partial charge on any atom is -0.506 e. The van der Waals surface area contributed by atoms with Crippen molar-refractivity contribution in [1.29, 1.82) is 0 Å². The molecule has 0 aromatic heterocycles. The Labute approximate surface area is 120 Å². The van der Waals surface area contributed by atoms with Crippen LogP contribution in [0.2, 0.25) is 10.0 Å². The summed E-state index contributed by atoms with van der Waals surface area (Å²) in [6, 6.07) is 7.86. The zero-order valence-electron chi connectivity index (χ0n) is 10.2. The van der Waals surface area contributed by atoms with Crippen LogP contribution in [0.25, 0.3) is 0 Å². The summed E-state index contributed by atoms with van der Waals surface area (Å²) >= 11 is 11.7. The number of para-hydroxylation sites is 1. The molecule has 100 valence electrons. The topological polar surface area (TPSA) is 32.3 Å². The number of hydrogen-bond acceptors (Lipinski definition) is 2. The Balaban J connectivity index is 2.24. The number of halogens is 3. The molecule has 19 heavy (non-hydrogen) atoms. The van der Waals surface area contributed by atoms with Crippen molar-refractivity contribution >= 4 is 28.9 Å². The fourth-order valence-electron chi connectivity index (χ4n) is 1.79. The highest BCUT2D eigenvalue weighted by molar-refractivity contribution is 6.35. The minimum atomic E-state index is -0.340. The van der Waals surface area contributed by atoms with Crippen LogP contribution in [0.5, 0.6) is 5.75 Å². The molecule has 0 bridgehead atoms. The molecule has 0 aliphatic heterocycles. The number of aromatic hydroxyl groups is 1. The number of hydrogen-bond donors (Lipinski definition) is 2. The van der Waals surface area contributed by atoms with Crippen LogP contribution >= 0.6 is 23.2 Å². The van der Waals surface area contributed by atoms with E-state index in [4.69, 9.17) is 23.2 Å². The molecule has 0 saturated carbocycles. The highest BCUT2D eigenvalue weighted by atomic mass is 35.5. The predicted octanol–water partition coefficient (Wildman–Crippen LogP) is 4.76. The van der Waals surface area contributed by atoms with Crippen molar-refractivity contribution in [3.8, 4) is 5.75 Å². The van der Waals surface area contributed by atoms with Crippen LogP contribution in [-0.4, -0.2) is 5.11 Å². The maximum atomic E-state index is 13.6. The monoisotopic (exact) mass is 299 g/mol. The van der Waals surface area contributed by atoms with Gasteiger partial charge < -0.3 is 10.4 Å². The third-order valence-corrected chi connectivity index (χ3v) is 3.29. The van der Waals surface area contributed by atoms with Gasteiger partial charge in [-0.3, -0.25) is 0 Å². The van der Waals surface area contributed by atoms with E-state index in [1.54, 1.807) is 25.1 Å². The molecule has 0 fully saturated rings. The second-order valence-corrected chi connectivity index (χ2v) is 5.02. The van der Waals surface area contributed by atoms with Gasteiger partial charge in [0.1, 0.15) is 11.6 Å². The molecule has 2 aromatic carbocycles. The van der Waals surface area contributed by atoms with Gasteiger partial charge in [-0.05, 0) is 30.7 Å². The van der Waals surface area contributed by atoms with Gasteiger partial charge in [0.25, 0.3) is 0 Å². The summed E-state index contributed by atoms with van der Waals surface area (Å²) in [6.45, 7) is 2.03. The van der Waals surface area contributed by atoms with Crippen molar-refractivity contribution in [3.05, 3.63) is 57.3 Å². The lowest BCUT2D eigenvalue weighted by Gasteiger charge is -2.12. The van der Waals surface area contributed by atoms with Gasteiger partial charge in [0.05, 0.1) is 10.7 Å². The lowest BCUT2D eigenvalue weighted by Crippen LogP contribution is -2.03. The standard InChI is InChI=1S/C14H12Cl2FNO/c1-8-3-2-4-12(17)13(8)18-7-9-5-10(15)6-11(16)14(9)19/h2-6,18-19H,7H2,1H3. The molecule has 0 aliphatic rings. The maximum Gasteiger partial charge on any atom is 0.146 e. The normalized spacial score (nSPS) is 10.5. The Morgan fingerprint density at radius 2 is 2.00 bits per heavy atom. The summed E-state index contributed by atoms with van der Waals surface area (Å²) in [5.74, 6) is -0.389. The van der Waals surface area contributed by atoms with Gasteiger partial charge in [-0.25, -0.2) is 4.39 Å². The molecular formula is C14H12Cl2FNO. The van der Waals surface area contributed by atoms with Gasteiger partial charge in [0, 0.05) is 17.1 Å². The molecule has 0 heterocycles. The number of phenolic OH excluding ortho intramolecular Hbond substituents is 1. The Morgan fingerprint density at radius 1 is 1.26 bits per heavy atom. The lowest BCUT2D eigenvalue weighted by molar-refractivity contribution is 0.469. The van der Waals surface area contributed by atoms with E-state index < -0.39 is 0 Å². The average molecular weight is 300 g/mol. The molecule has 0 saturated heterocycles. The average Bonchev–Trinajstić information content (AvgIpc) is 2.34. The molecule has 2 nitrogen and oxygen atoms in total. The number of anilines is 1. The van der Waals surface area contributed by atoms with Gasteiger partial charge in [-0.15, -0.1) is 0 Å². The van der Waals surface area contributed by atoms with Crippen LogP contribution in [0.4, 0.5) is 10.1 Å². The van der Waals surface area contributed by atoms with Gasteiger partial charge >= 0.3 is 0 Å². The number of aryl methyl sites for hydroxylation is 1. The molecule has 0 unspecified atom stereocenters. The molecule has 0 aliphatic carbocycles. The second kappa shape index (κ2) is 5.68. The molecule has 0 radical (unpaired) electrons. The largest absolute Gasteiger partial charge is 0.506 e. The Bertz CT molecular complexity index is 596. The molecule has 2 aromatic rings. The quantitative estimate of drug-likeness (QED) is 0.856. The summed E-state index contributed by atoms with van der Waals surface area (Å²) in [6.07, 6.45) is 0. The molecule has 0 atom stereocenters. The first-order valence-corrected chi connectivity index (χ1v) is 6.40. The van der Waals surface area contributed by atoms with Crippen LogP contribution in [0.3, 0.4) is 0 Å². The van der Waals surface area contributed by atoms with Crippen LogP contribution in [0, 0.1) is 12.7 Å². The highest BCUT2D eigenvalue weighted by Gasteiger charge is 2.10. The van der Waals surface area contributed by atoms with Crippen molar-refractivity contribution < 1.29 is 9.50 Å². The summed E-state index contributed by atoms with van der Waals surface area (Å²) in [5, 5.41) is 13.4. The van der Waals surface area contributed by atoms with Crippen molar-refractivity contribution in [2.75, 3.05) is 5.32 Å². The fraction of sp³-hybridized carbons (Fsp3) is 0.143. The highest BCUT2D eigenvalue weighted by Crippen LogP contribution is 2.32. The number of phenols is 1. The van der Waals surface area contributed by atoms with Crippen molar-refractivity contribution in [1.82, 2.24) is 0 Å². The lowest BCUT2D eigenvalue weighted by atomic mass is 10.1. The van der Waals surface area contributed by atoms with E-state index in [2.05, 4.69) is 5.32 Å². The number of rotatable bonds is 3. The van der Waals surface area contributed by atoms with Gasteiger partial charge in [0.15, 0.2) is 0 Å². The molecule has 2 N–H and O–H groups in total. The van der Waals surface area contributed by atoms with Crippen molar-refractivity contribution in [2.45, 2.75) is 13.5 Å². The van der Waals surface area contributed by atoms with Gasteiger partial charge in [-0.1, -0.05) is 35.3 Å². The predicted molar refractivity (Wildman–Crippen MR) is 76.6 cm³/mol. The number of benzene rings is 2. The van der Waals surface area contributed by atoms with Gasteiger partial charge in [-0.2, -0.15) is 0 Å². The number of nitrogens with one attached hydrogen (secondary N) is 1. The van der Waals surface area contributed by atoms with E-state index in [9.17, 15) is 9.50 Å². The van der Waals surface area contributed by atoms with Crippen LogP contribution in [0.1, 0.15) is 11.1 Å². The van der Waals surface area contributed by atoms with E-state index in [0.717, 1.165) is 5.56 Å². The van der Waals surface area contributed by atoms with Crippen LogP contribution < -0.4 is 5.32 Å². The molecule has 0 spiro atoms. The fourth-order valence-corrected chi connectivity index (χ4v) is 2.33. The SMILES string of the molecule is Cc1cccc(F)c1NCc1cc(Cl)cc(Cl)c1O. The summed E-state index contributed by atoms with van der Waals surface area (Å²) in [4.78, 5) is 0. The Hall–Kier alpha value is -1.45. The van der Waals surface area contributed by atoms with Crippen LogP contribution in [0.15, 0.2) is 30.3 Å². The summed E-state index contributed by atoms with van der Waals surface area (Å²) in [7, 11) is 0. The second-order valence-electron chi connectivity index (χ2n) is 4.18. The molecule has 5 heteroatoms. The smallest absolute Gasteiger partial charge is 0.146 e. The maximum absolute atomic E-state index is 13.6. The van der Waals surface area contributed by atoms with E-state index in [1.807, 2.05) is 0 Å². The molecule has 0 amide bonds. The third-order valence-electron chi connectivity index (χ3n) is 2.78. The first kappa shape index (κ1) is 14.0. The Kier molecular flexibility index (Phi) is 4.17. The molecular weight excluding hydrogens is 288 g/mol. The van der Waals surface area contributed by atoms with Crippen molar-refractivity contribution in [2.24, 2.45) is 0 Å². The first-order valence-electron chi connectivity index (χ1n) is 5.65. The third kappa shape index (κ3) is 3.11. The zero-order valence-corrected chi connectivity index (χ0v) is 11.7. The van der Waals surface area contributed by atoms with Gasteiger partial charge in [0.2, 0.25) is 0 Å². The Morgan fingerprint density at radius 3 is 2.68 bits per heavy atom. The summed E-state index contributed by atoms with van der Waals surface area (Å²) < 4.78 is 13.6. The summed E-state index contributed by atoms with van der Waals surface area (Å²) in [5.41, 5.74) is 1.70. The van der Waals surface area contributed by atoms with E-state index in [-0.39, 0.29) is 23.1 Å². The van der Waals surface area contributed by atoms with E-state index >= 15 is 0 Å². The zero-order chi connectivity index (χ0) is 14.0. The van der Waals surface area contributed by atoms with Crippen molar-refractivity contribution in [3.63, 3.8) is 0 Å². The minimum absolute atomic E-state index is 0.0486. The van der Waals surface area contributed by atoms with E-state index in [0.29, 0.717) is 16.3 Å². The molecule has 2 rings (SSSR count). The van der Waals surface area contributed by atoms with Crippen LogP contribution in [-0.2, 0) is 6.54 Å².